The highest BCUT2D eigenvalue weighted by Crippen LogP contribution is 2.31. The van der Waals surface area contributed by atoms with E-state index in [1.807, 2.05) is 30.3 Å². The molecule has 21 heavy (non-hydrogen) atoms. The smallest absolute Gasteiger partial charge is 0.344 e. The van der Waals surface area contributed by atoms with Gasteiger partial charge in [-0.15, -0.1) is 0 Å². The van der Waals surface area contributed by atoms with E-state index in [2.05, 4.69) is 0 Å². The quantitative estimate of drug-likeness (QED) is 0.547. The molecule has 1 saturated heterocycles. The maximum atomic E-state index is 12.0. The lowest BCUT2D eigenvalue weighted by molar-refractivity contribution is -0.0506. The molecule has 106 valence electrons. The van der Waals surface area contributed by atoms with Crippen molar-refractivity contribution < 1.29 is 13.9 Å². The number of benzene rings is 2. The van der Waals surface area contributed by atoms with Crippen molar-refractivity contribution >= 4 is 21.7 Å². The second kappa shape index (κ2) is 4.90. The number of hydrogen-bond acceptors (Lipinski definition) is 4. The van der Waals surface area contributed by atoms with Crippen molar-refractivity contribution in [1.82, 2.24) is 0 Å². The largest absolute Gasteiger partial charge is 0.492 e. The van der Waals surface area contributed by atoms with Crippen LogP contribution in [0.2, 0.25) is 0 Å². The van der Waals surface area contributed by atoms with Crippen LogP contribution in [-0.2, 0) is 4.74 Å². The van der Waals surface area contributed by atoms with Crippen molar-refractivity contribution in [2.75, 3.05) is 19.8 Å². The molecule has 3 aromatic rings. The highest BCUT2D eigenvalue weighted by atomic mass is 16.5. The molecule has 0 N–H and O–H groups in total. The fraction of sp³-hybridized carbons (Fsp3) is 0.235. The lowest BCUT2D eigenvalue weighted by Gasteiger charge is -2.26. The molecule has 0 radical (unpaired) electrons. The first-order valence-corrected chi connectivity index (χ1v) is 6.98. The Kier molecular flexibility index (Phi) is 2.89. The third-order valence-electron chi connectivity index (χ3n) is 3.79. The van der Waals surface area contributed by atoms with Crippen molar-refractivity contribution in [2.24, 2.45) is 5.92 Å². The Morgan fingerprint density at radius 2 is 1.86 bits per heavy atom. The average molecular weight is 282 g/mol. The van der Waals surface area contributed by atoms with Crippen LogP contribution in [0.1, 0.15) is 0 Å². The lowest BCUT2D eigenvalue weighted by atomic mass is 10.1. The molecule has 1 aliphatic heterocycles. The monoisotopic (exact) mass is 282 g/mol. The molecule has 0 aliphatic carbocycles. The van der Waals surface area contributed by atoms with Gasteiger partial charge in [0.15, 0.2) is 0 Å². The van der Waals surface area contributed by atoms with E-state index in [9.17, 15) is 4.79 Å². The standard InChI is InChI=1S/C17H14O4/c18-17-13-5-2-1-4-12(13)16-14(6-3-7-15(16)21-17)20-10-11-8-19-9-11/h1-7,11H,8-10H2. The summed E-state index contributed by atoms with van der Waals surface area (Å²) in [6.07, 6.45) is 0. The van der Waals surface area contributed by atoms with Gasteiger partial charge in [0, 0.05) is 11.3 Å². The summed E-state index contributed by atoms with van der Waals surface area (Å²) >= 11 is 0. The first-order chi connectivity index (χ1) is 10.3. The Hall–Kier alpha value is -2.33. The average Bonchev–Trinajstić information content (AvgIpc) is 2.46. The zero-order valence-electron chi connectivity index (χ0n) is 11.4. The van der Waals surface area contributed by atoms with Gasteiger partial charge in [-0.3, -0.25) is 0 Å². The van der Waals surface area contributed by atoms with Crippen LogP contribution in [-0.4, -0.2) is 19.8 Å². The minimum absolute atomic E-state index is 0.317. The van der Waals surface area contributed by atoms with Gasteiger partial charge in [0.25, 0.3) is 0 Å². The maximum Gasteiger partial charge on any atom is 0.344 e. The van der Waals surface area contributed by atoms with Crippen LogP contribution in [0.25, 0.3) is 21.7 Å². The number of fused-ring (bicyclic) bond motifs is 3. The molecule has 2 heterocycles. The van der Waals surface area contributed by atoms with Gasteiger partial charge in [-0.05, 0) is 18.2 Å². The molecule has 0 bridgehead atoms. The van der Waals surface area contributed by atoms with Gasteiger partial charge in [0.05, 0.1) is 30.6 Å². The minimum atomic E-state index is -0.317. The molecule has 1 aliphatic rings. The molecule has 1 fully saturated rings. The van der Waals surface area contributed by atoms with Crippen molar-refractivity contribution in [3.05, 3.63) is 52.9 Å². The summed E-state index contributed by atoms with van der Waals surface area (Å²) in [6, 6.07) is 13.0. The molecule has 4 heteroatoms. The Balaban J connectivity index is 1.89. The predicted molar refractivity (Wildman–Crippen MR) is 79.8 cm³/mol. The van der Waals surface area contributed by atoms with E-state index in [-0.39, 0.29) is 5.63 Å². The van der Waals surface area contributed by atoms with Crippen LogP contribution in [0.3, 0.4) is 0 Å². The molecular weight excluding hydrogens is 268 g/mol. The van der Waals surface area contributed by atoms with Crippen molar-refractivity contribution in [1.29, 1.82) is 0 Å². The van der Waals surface area contributed by atoms with Crippen molar-refractivity contribution in [2.45, 2.75) is 0 Å². The Morgan fingerprint density at radius 1 is 1.05 bits per heavy atom. The van der Waals surface area contributed by atoms with E-state index in [1.165, 1.54) is 0 Å². The molecule has 0 atom stereocenters. The second-order valence-corrected chi connectivity index (χ2v) is 5.28. The predicted octanol–water partition coefficient (Wildman–Crippen LogP) is 2.97. The Labute approximate surface area is 120 Å². The van der Waals surface area contributed by atoms with Gasteiger partial charge in [-0.25, -0.2) is 4.79 Å². The van der Waals surface area contributed by atoms with E-state index in [0.717, 1.165) is 29.7 Å². The molecule has 2 aromatic carbocycles. The van der Waals surface area contributed by atoms with Gasteiger partial charge in [-0.1, -0.05) is 24.3 Å². The van der Waals surface area contributed by atoms with Crippen LogP contribution in [0, 0.1) is 5.92 Å². The SMILES string of the molecule is O=c1oc2cccc(OCC3COC3)c2c2ccccc12. The van der Waals surface area contributed by atoms with Gasteiger partial charge >= 0.3 is 5.63 Å². The fourth-order valence-electron chi connectivity index (χ4n) is 2.60. The topological polar surface area (TPSA) is 48.7 Å². The van der Waals surface area contributed by atoms with Crippen LogP contribution in [0.4, 0.5) is 0 Å². The zero-order valence-corrected chi connectivity index (χ0v) is 11.4. The number of rotatable bonds is 3. The fourth-order valence-corrected chi connectivity index (χ4v) is 2.60. The molecule has 1 aromatic heterocycles. The first kappa shape index (κ1) is 12.4. The van der Waals surface area contributed by atoms with Crippen LogP contribution in [0.15, 0.2) is 51.7 Å². The lowest BCUT2D eigenvalue weighted by Crippen LogP contribution is -2.32. The molecule has 0 saturated carbocycles. The van der Waals surface area contributed by atoms with Crippen LogP contribution >= 0.6 is 0 Å². The van der Waals surface area contributed by atoms with E-state index < -0.39 is 0 Å². The minimum Gasteiger partial charge on any atom is -0.492 e. The summed E-state index contributed by atoms with van der Waals surface area (Å²) in [5.41, 5.74) is 0.240. The van der Waals surface area contributed by atoms with E-state index in [4.69, 9.17) is 13.9 Å². The van der Waals surface area contributed by atoms with Crippen LogP contribution < -0.4 is 10.4 Å². The summed E-state index contributed by atoms with van der Waals surface area (Å²) in [5, 5.41) is 2.30. The molecule has 0 unspecified atom stereocenters. The molecule has 4 nitrogen and oxygen atoms in total. The van der Waals surface area contributed by atoms with Gasteiger partial charge in [0.1, 0.15) is 11.3 Å². The summed E-state index contributed by atoms with van der Waals surface area (Å²) in [4.78, 5) is 12.0. The highest BCUT2D eigenvalue weighted by Gasteiger charge is 2.20. The third kappa shape index (κ3) is 2.08. The number of hydrogen-bond donors (Lipinski definition) is 0. The molecule has 0 spiro atoms. The molecule has 4 rings (SSSR count). The van der Waals surface area contributed by atoms with Gasteiger partial charge in [0.2, 0.25) is 0 Å². The van der Waals surface area contributed by atoms with Crippen molar-refractivity contribution in [3.8, 4) is 5.75 Å². The van der Waals surface area contributed by atoms with Crippen molar-refractivity contribution in [3.63, 3.8) is 0 Å². The second-order valence-electron chi connectivity index (χ2n) is 5.28. The first-order valence-electron chi connectivity index (χ1n) is 6.98. The van der Waals surface area contributed by atoms with Gasteiger partial charge < -0.3 is 13.9 Å². The summed E-state index contributed by atoms with van der Waals surface area (Å²) in [7, 11) is 0. The third-order valence-corrected chi connectivity index (χ3v) is 3.79. The summed E-state index contributed by atoms with van der Waals surface area (Å²) in [5.74, 6) is 1.20. The Morgan fingerprint density at radius 3 is 2.62 bits per heavy atom. The van der Waals surface area contributed by atoms with E-state index in [0.29, 0.717) is 23.5 Å². The molecule has 0 amide bonds. The molecular formula is C17H14O4. The highest BCUT2D eigenvalue weighted by molar-refractivity contribution is 6.07. The van der Waals surface area contributed by atoms with Crippen LogP contribution in [0.5, 0.6) is 5.75 Å². The maximum absolute atomic E-state index is 12.0. The van der Waals surface area contributed by atoms with E-state index in [1.54, 1.807) is 12.1 Å². The summed E-state index contributed by atoms with van der Waals surface area (Å²) in [6.45, 7) is 2.12. The van der Waals surface area contributed by atoms with Gasteiger partial charge in [-0.2, -0.15) is 0 Å². The number of ether oxygens (including phenoxy) is 2. The Bertz CT molecular complexity index is 861. The summed E-state index contributed by atoms with van der Waals surface area (Å²) < 4.78 is 16.5. The van der Waals surface area contributed by atoms with E-state index >= 15 is 0 Å². The zero-order chi connectivity index (χ0) is 14.2. The normalized spacial score (nSPS) is 15.2.